The Hall–Kier alpha value is -1.17. The smallest absolute Gasteiger partial charge is 0.110 e. The van der Waals surface area contributed by atoms with E-state index in [0.29, 0.717) is 6.54 Å². The molecule has 0 radical (unpaired) electrons. The number of thiazole rings is 1. The quantitative estimate of drug-likeness (QED) is 0.886. The molecule has 0 amide bonds. The maximum absolute atomic E-state index is 10.8. The average Bonchev–Trinajstić information content (AvgIpc) is 3.10. The summed E-state index contributed by atoms with van der Waals surface area (Å²) in [5.74, 6) is 1.61. The molecule has 2 aromatic rings. The summed E-state index contributed by atoms with van der Waals surface area (Å²) >= 11 is 1.81. The molecule has 120 valence electrons. The number of nitrogens with one attached hydrogen (secondary N) is 1. The van der Waals surface area contributed by atoms with Crippen LogP contribution in [0.2, 0.25) is 0 Å². The van der Waals surface area contributed by atoms with Crippen LogP contribution in [0.5, 0.6) is 0 Å². The molecule has 0 aliphatic heterocycles. The fourth-order valence-electron chi connectivity index (χ4n) is 3.10. The van der Waals surface area contributed by atoms with Crippen molar-refractivity contribution in [1.82, 2.24) is 10.3 Å². The van der Waals surface area contributed by atoms with Crippen molar-refractivity contribution in [1.29, 1.82) is 0 Å². The first-order valence-corrected chi connectivity index (χ1v) is 8.70. The van der Waals surface area contributed by atoms with E-state index in [1.807, 2.05) is 38.2 Å². The molecular formula is C17H24N2O2S. The number of fused-ring (bicyclic) bond motifs is 1. The lowest BCUT2D eigenvalue weighted by molar-refractivity contribution is 0.0529. The second-order valence-electron chi connectivity index (χ2n) is 6.48. The Bertz CT molecular complexity index is 651. The third-order valence-electron chi connectivity index (χ3n) is 4.36. The van der Waals surface area contributed by atoms with Crippen molar-refractivity contribution < 1.29 is 9.52 Å². The minimum Gasteiger partial charge on any atom is -0.466 e. The predicted octanol–water partition coefficient (Wildman–Crippen LogP) is 3.40. The van der Waals surface area contributed by atoms with Gasteiger partial charge in [0, 0.05) is 17.0 Å². The fraction of sp³-hybridized carbons (Fsp3) is 0.588. The summed E-state index contributed by atoms with van der Waals surface area (Å²) in [6.07, 6.45) is 3.53. The molecule has 2 atom stereocenters. The number of aliphatic hydroxyl groups is 1. The highest BCUT2D eigenvalue weighted by molar-refractivity contribution is 7.11. The van der Waals surface area contributed by atoms with E-state index in [2.05, 4.69) is 12.2 Å². The highest BCUT2D eigenvalue weighted by atomic mass is 32.1. The van der Waals surface area contributed by atoms with E-state index >= 15 is 0 Å². The summed E-state index contributed by atoms with van der Waals surface area (Å²) in [7, 11) is 0. The first-order chi connectivity index (χ1) is 10.4. The molecule has 0 bridgehead atoms. The minimum atomic E-state index is -0.948. The Morgan fingerprint density at radius 3 is 2.86 bits per heavy atom. The van der Waals surface area contributed by atoms with Crippen LogP contribution in [0.4, 0.5) is 0 Å². The predicted molar refractivity (Wildman–Crippen MR) is 88.3 cm³/mol. The van der Waals surface area contributed by atoms with Crippen molar-refractivity contribution in [3.63, 3.8) is 0 Å². The summed E-state index contributed by atoms with van der Waals surface area (Å²) in [5, 5.41) is 15.3. The van der Waals surface area contributed by atoms with Gasteiger partial charge in [0.25, 0.3) is 0 Å². The second-order valence-corrected chi connectivity index (χ2v) is 7.59. The van der Waals surface area contributed by atoms with Crippen LogP contribution < -0.4 is 5.32 Å². The summed E-state index contributed by atoms with van der Waals surface area (Å²) in [4.78, 5) is 6.18. The van der Waals surface area contributed by atoms with Gasteiger partial charge in [0.05, 0.1) is 11.7 Å². The lowest BCUT2D eigenvalue weighted by atomic mass is 9.96. The molecule has 2 N–H and O–H groups in total. The Balaban J connectivity index is 1.66. The fourth-order valence-corrected chi connectivity index (χ4v) is 4.28. The van der Waals surface area contributed by atoms with Gasteiger partial charge in [0.2, 0.25) is 0 Å². The number of furan rings is 1. The number of aryl methyl sites for hydroxylation is 4. The van der Waals surface area contributed by atoms with Crippen LogP contribution in [0, 0.1) is 13.8 Å². The zero-order valence-corrected chi connectivity index (χ0v) is 14.5. The largest absolute Gasteiger partial charge is 0.466 e. The maximum atomic E-state index is 10.8. The summed E-state index contributed by atoms with van der Waals surface area (Å²) in [6.45, 7) is 8.20. The van der Waals surface area contributed by atoms with Crippen LogP contribution in [0.25, 0.3) is 0 Å². The van der Waals surface area contributed by atoms with Crippen LogP contribution in [0.1, 0.15) is 59.0 Å². The van der Waals surface area contributed by atoms with E-state index in [4.69, 9.17) is 9.40 Å². The second kappa shape index (κ2) is 5.80. The maximum Gasteiger partial charge on any atom is 0.110 e. The number of aromatic nitrogens is 1. The standard InChI is InChI=1S/C17H24N2O2S/c1-10-8-13(12(3)21-10)17(4,20)9-18-11(2)16-19-14-6-5-7-15(14)22-16/h8,11,18,20H,5-7,9H2,1-4H3. The molecule has 0 spiro atoms. The number of hydrogen-bond donors (Lipinski definition) is 2. The zero-order valence-electron chi connectivity index (χ0n) is 13.7. The molecule has 5 heteroatoms. The van der Waals surface area contributed by atoms with E-state index in [0.717, 1.165) is 28.5 Å². The molecule has 22 heavy (non-hydrogen) atoms. The number of hydrogen-bond acceptors (Lipinski definition) is 5. The van der Waals surface area contributed by atoms with Gasteiger partial charge in [-0.25, -0.2) is 4.98 Å². The normalized spacial score (nSPS) is 18.2. The molecule has 2 aromatic heterocycles. The molecule has 0 saturated carbocycles. The topological polar surface area (TPSA) is 58.3 Å². The third-order valence-corrected chi connectivity index (χ3v) is 5.70. The van der Waals surface area contributed by atoms with E-state index in [1.165, 1.54) is 23.4 Å². The van der Waals surface area contributed by atoms with Gasteiger partial charge >= 0.3 is 0 Å². The lowest BCUT2D eigenvalue weighted by Gasteiger charge is -2.25. The van der Waals surface area contributed by atoms with Gasteiger partial charge in [-0.2, -0.15) is 0 Å². The SMILES string of the molecule is Cc1cc(C(C)(O)CNC(C)c2nc3c(s2)CCC3)c(C)o1. The summed E-state index contributed by atoms with van der Waals surface area (Å²) < 4.78 is 5.54. The van der Waals surface area contributed by atoms with E-state index in [-0.39, 0.29) is 6.04 Å². The lowest BCUT2D eigenvalue weighted by Crippen LogP contribution is -2.36. The van der Waals surface area contributed by atoms with Gasteiger partial charge < -0.3 is 14.8 Å². The van der Waals surface area contributed by atoms with Gasteiger partial charge in [-0.15, -0.1) is 11.3 Å². The molecule has 1 aliphatic rings. The average molecular weight is 320 g/mol. The monoisotopic (exact) mass is 320 g/mol. The highest BCUT2D eigenvalue weighted by Gasteiger charge is 2.29. The molecule has 2 unspecified atom stereocenters. The molecule has 1 aliphatic carbocycles. The van der Waals surface area contributed by atoms with Crippen molar-refractivity contribution >= 4 is 11.3 Å². The molecule has 4 nitrogen and oxygen atoms in total. The van der Waals surface area contributed by atoms with E-state index in [1.54, 1.807) is 0 Å². The van der Waals surface area contributed by atoms with E-state index < -0.39 is 5.60 Å². The van der Waals surface area contributed by atoms with Crippen molar-refractivity contribution in [2.75, 3.05) is 6.54 Å². The van der Waals surface area contributed by atoms with Crippen LogP contribution in [-0.4, -0.2) is 16.6 Å². The number of rotatable bonds is 5. The van der Waals surface area contributed by atoms with Gasteiger partial charge in [0.15, 0.2) is 0 Å². The van der Waals surface area contributed by atoms with Crippen molar-refractivity contribution in [2.24, 2.45) is 0 Å². The molecule has 0 aromatic carbocycles. The Kier molecular flexibility index (Phi) is 4.14. The third kappa shape index (κ3) is 2.98. The van der Waals surface area contributed by atoms with Gasteiger partial charge in [-0.1, -0.05) is 0 Å². The van der Waals surface area contributed by atoms with Crippen molar-refractivity contribution in [2.45, 2.75) is 58.6 Å². The van der Waals surface area contributed by atoms with E-state index in [9.17, 15) is 5.11 Å². The Morgan fingerprint density at radius 1 is 1.45 bits per heavy atom. The summed E-state index contributed by atoms with van der Waals surface area (Å²) in [5.41, 5.74) is 1.18. The first kappa shape index (κ1) is 15.7. The van der Waals surface area contributed by atoms with Crippen molar-refractivity contribution in [3.05, 3.63) is 38.7 Å². The Labute approximate surface area is 135 Å². The van der Waals surface area contributed by atoms with Crippen LogP contribution >= 0.6 is 11.3 Å². The molecule has 3 rings (SSSR count). The zero-order chi connectivity index (χ0) is 15.9. The molecule has 0 saturated heterocycles. The van der Waals surface area contributed by atoms with Gasteiger partial charge in [-0.3, -0.25) is 0 Å². The molecule has 0 fully saturated rings. The van der Waals surface area contributed by atoms with Crippen LogP contribution in [0.3, 0.4) is 0 Å². The van der Waals surface area contributed by atoms with Crippen LogP contribution in [0.15, 0.2) is 10.5 Å². The minimum absolute atomic E-state index is 0.148. The van der Waals surface area contributed by atoms with Crippen LogP contribution in [-0.2, 0) is 18.4 Å². The molecule has 2 heterocycles. The first-order valence-electron chi connectivity index (χ1n) is 7.88. The summed E-state index contributed by atoms with van der Waals surface area (Å²) in [6, 6.07) is 2.06. The molecular weight excluding hydrogens is 296 g/mol. The highest BCUT2D eigenvalue weighted by Crippen LogP contribution is 2.31. The Morgan fingerprint density at radius 2 is 2.23 bits per heavy atom. The van der Waals surface area contributed by atoms with Gasteiger partial charge in [0.1, 0.15) is 22.1 Å². The van der Waals surface area contributed by atoms with Crippen molar-refractivity contribution in [3.8, 4) is 0 Å². The number of nitrogens with zero attached hydrogens (tertiary/aromatic N) is 1. The van der Waals surface area contributed by atoms with Gasteiger partial charge in [-0.05, 0) is 53.0 Å².